The Labute approximate surface area is 171 Å². The van der Waals surface area contributed by atoms with Gasteiger partial charge in [0.15, 0.2) is 17.5 Å². The second-order valence-electron chi connectivity index (χ2n) is 6.04. The summed E-state index contributed by atoms with van der Waals surface area (Å²) in [7, 11) is 3.71. The zero-order valence-electron chi connectivity index (χ0n) is 15.6. The Balaban J connectivity index is 0.00000243. The Bertz CT molecular complexity index is 788. The molecule has 2 aromatic rings. The maximum Gasteiger partial charge on any atom is 0.195 e. The molecule has 8 heteroatoms. The summed E-state index contributed by atoms with van der Waals surface area (Å²) in [5.74, 6) is 2.24. The van der Waals surface area contributed by atoms with Crippen molar-refractivity contribution in [3.05, 3.63) is 35.2 Å². The molecule has 7 nitrogen and oxygen atoms in total. The molecular formula is C18H26IN5O2. The number of benzene rings is 1. The number of hydrogen-bond donors (Lipinski definition) is 2. The molecule has 0 radical (unpaired) electrons. The van der Waals surface area contributed by atoms with E-state index in [0.29, 0.717) is 25.7 Å². The van der Waals surface area contributed by atoms with Crippen LogP contribution in [-0.4, -0.2) is 36.0 Å². The fourth-order valence-corrected chi connectivity index (χ4v) is 2.80. The van der Waals surface area contributed by atoms with Gasteiger partial charge in [-0.1, -0.05) is 0 Å². The van der Waals surface area contributed by atoms with Crippen LogP contribution in [0.5, 0.6) is 11.5 Å². The van der Waals surface area contributed by atoms with Crippen molar-refractivity contribution >= 4 is 35.6 Å². The average molecular weight is 471 g/mol. The maximum absolute atomic E-state index is 5.73. The van der Waals surface area contributed by atoms with Gasteiger partial charge in [0.05, 0.1) is 18.9 Å². The van der Waals surface area contributed by atoms with Gasteiger partial charge in [-0.3, -0.25) is 9.67 Å². The molecule has 26 heavy (non-hydrogen) atoms. The number of halogens is 1. The molecule has 0 amide bonds. The Kier molecular flexibility index (Phi) is 7.13. The van der Waals surface area contributed by atoms with Gasteiger partial charge in [0, 0.05) is 50.1 Å². The topological polar surface area (TPSA) is 72.7 Å². The molecule has 142 valence electrons. The van der Waals surface area contributed by atoms with Crippen LogP contribution >= 0.6 is 24.0 Å². The standard InChI is InChI=1S/C18H25N5O2.HI/c1-12-15(13(2)23(4)22-12)11-20-18(19-3)21-14-6-7-16-17(10-14)25-9-5-8-24-16;/h6-7,10H,5,8-9,11H2,1-4H3,(H2,19,20,21);1H. The van der Waals surface area contributed by atoms with E-state index in [1.807, 2.05) is 36.9 Å². The molecule has 0 saturated heterocycles. The second kappa shape index (κ2) is 9.11. The molecule has 1 aromatic carbocycles. The van der Waals surface area contributed by atoms with E-state index >= 15 is 0 Å². The molecule has 1 aromatic heterocycles. The van der Waals surface area contributed by atoms with Gasteiger partial charge in [0.1, 0.15) is 0 Å². The number of aryl methyl sites for hydroxylation is 2. The van der Waals surface area contributed by atoms with Gasteiger partial charge >= 0.3 is 0 Å². The van der Waals surface area contributed by atoms with Crippen molar-refractivity contribution in [3.8, 4) is 11.5 Å². The van der Waals surface area contributed by atoms with Crippen molar-refractivity contribution in [1.29, 1.82) is 0 Å². The van der Waals surface area contributed by atoms with Crippen molar-refractivity contribution < 1.29 is 9.47 Å². The summed E-state index contributed by atoms with van der Waals surface area (Å²) in [6.45, 7) is 6.10. The number of hydrogen-bond acceptors (Lipinski definition) is 4. The molecule has 2 N–H and O–H groups in total. The highest BCUT2D eigenvalue weighted by molar-refractivity contribution is 14.0. The molecule has 0 saturated carbocycles. The maximum atomic E-state index is 5.73. The van der Waals surface area contributed by atoms with Crippen LogP contribution in [0.4, 0.5) is 5.69 Å². The Morgan fingerprint density at radius 2 is 1.96 bits per heavy atom. The number of rotatable bonds is 3. The number of nitrogens with one attached hydrogen (secondary N) is 2. The van der Waals surface area contributed by atoms with Crippen molar-refractivity contribution in [2.24, 2.45) is 12.0 Å². The number of fused-ring (bicyclic) bond motifs is 1. The third-order valence-corrected chi connectivity index (χ3v) is 4.33. The smallest absolute Gasteiger partial charge is 0.195 e. The van der Waals surface area contributed by atoms with Gasteiger partial charge in [-0.15, -0.1) is 24.0 Å². The van der Waals surface area contributed by atoms with E-state index in [-0.39, 0.29) is 24.0 Å². The van der Waals surface area contributed by atoms with Crippen molar-refractivity contribution in [2.75, 3.05) is 25.6 Å². The van der Waals surface area contributed by atoms with Crippen LogP contribution in [0.1, 0.15) is 23.4 Å². The van der Waals surface area contributed by atoms with Gasteiger partial charge in [0.2, 0.25) is 0 Å². The van der Waals surface area contributed by atoms with E-state index in [1.54, 1.807) is 7.05 Å². The van der Waals surface area contributed by atoms with Crippen LogP contribution < -0.4 is 20.1 Å². The van der Waals surface area contributed by atoms with Crippen LogP contribution in [0.25, 0.3) is 0 Å². The summed E-state index contributed by atoms with van der Waals surface area (Å²) < 4.78 is 13.3. The molecule has 0 spiro atoms. The lowest BCUT2D eigenvalue weighted by Crippen LogP contribution is -2.30. The number of aromatic nitrogens is 2. The van der Waals surface area contributed by atoms with Crippen LogP contribution in [-0.2, 0) is 13.6 Å². The molecule has 1 aliphatic rings. The Morgan fingerprint density at radius 1 is 1.23 bits per heavy atom. The summed E-state index contributed by atoms with van der Waals surface area (Å²) in [5, 5.41) is 11.1. The Morgan fingerprint density at radius 3 is 2.62 bits per heavy atom. The molecule has 0 bridgehead atoms. The quantitative estimate of drug-likeness (QED) is 0.409. The third-order valence-electron chi connectivity index (χ3n) is 4.33. The number of nitrogens with zero attached hydrogens (tertiary/aromatic N) is 3. The first kappa shape index (κ1) is 20.3. The zero-order chi connectivity index (χ0) is 17.8. The first-order chi connectivity index (χ1) is 12.1. The predicted octanol–water partition coefficient (Wildman–Crippen LogP) is 3.00. The van der Waals surface area contributed by atoms with Crippen molar-refractivity contribution in [2.45, 2.75) is 26.8 Å². The van der Waals surface area contributed by atoms with E-state index in [1.165, 1.54) is 5.56 Å². The third kappa shape index (κ3) is 4.60. The second-order valence-corrected chi connectivity index (χ2v) is 6.04. The van der Waals surface area contributed by atoms with Gasteiger partial charge < -0.3 is 20.1 Å². The Hall–Kier alpha value is -1.97. The van der Waals surface area contributed by atoms with Gasteiger partial charge in [-0.2, -0.15) is 5.10 Å². The number of aliphatic imine (C=N–C) groups is 1. The lowest BCUT2D eigenvalue weighted by molar-refractivity contribution is 0.297. The van der Waals surface area contributed by atoms with Gasteiger partial charge in [-0.25, -0.2) is 0 Å². The summed E-state index contributed by atoms with van der Waals surface area (Å²) in [6.07, 6.45) is 0.893. The monoisotopic (exact) mass is 471 g/mol. The summed E-state index contributed by atoms with van der Waals surface area (Å²) in [6, 6.07) is 5.82. The van der Waals surface area contributed by atoms with Crippen LogP contribution in [0.3, 0.4) is 0 Å². The average Bonchev–Trinajstić information content (AvgIpc) is 2.78. The van der Waals surface area contributed by atoms with E-state index in [0.717, 1.165) is 35.0 Å². The minimum Gasteiger partial charge on any atom is -0.490 e. The first-order valence-electron chi connectivity index (χ1n) is 8.45. The van der Waals surface area contributed by atoms with E-state index in [2.05, 4.69) is 27.6 Å². The minimum absolute atomic E-state index is 0. The van der Waals surface area contributed by atoms with E-state index < -0.39 is 0 Å². The first-order valence-corrected chi connectivity index (χ1v) is 8.45. The lowest BCUT2D eigenvalue weighted by Gasteiger charge is -2.14. The molecule has 0 atom stereocenters. The van der Waals surface area contributed by atoms with Crippen LogP contribution in [0, 0.1) is 13.8 Å². The van der Waals surface area contributed by atoms with Gasteiger partial charge in [0.25, 0.3) is 0 Å². The highest BCUT2D eigenvalue weighted by Gasteiger charge is 2.12. The largest absolute Gasteiger partial charge is 0.490 e. The van der Waals surface area contributed by atoms with Crippen LogP contribution in [0.15, 0.2) is 23.2 Å². The molecule has 0 aliphatic carbocycles. The molecule has 1 aliphatic heterocycles. The molecule has 0 unspecified atom stereocenters. The molecular weight excluding hydrogens is 445 g/mol. The molecule has 3 rings (SSSR count). The van der Waals surface area contributed by atoms with E-state index in [9.17, 15) is 0 Å². The minimum atomic E-state index is 0. The normalized spacial score (nSPS) is 13.6. The zero-order valence-corrected chi connectivity index (χ0v) is 18.0. The van der Waals surface area contributed by atoms with Crippen molar-refractivity contribution in [1.82, 2.24) is 15.1 Å². The number of guanidine groups is 1. The number of ether oxygens (including phenoxy) is 2. The molecule has 0 fully saturated rings. The van der Waals surface area contributed by atoms with Crippen molar-refractivity contribution in [3.63, 3.8) is 0 Å². The lowest BCUT2D eigenvalue weighted by atomic mass is 10.2. The predicted molar refractivity (Wildman–Crippen MR) is 114 cm³/mol. The molecule has 2 heterocycles. The highest BCUT2D eigenvalue weighted by Crippen LogP contribution is 2.32. The van der Waals surface area contributed by atoms with Gasteiger partial charge in [-0.05, 0) is 26.0 Å². The van der Waals surface area contributed by atoms with Crippen LogP contribution in [0.2, 0.25) is 0 Å². The summed E-state index contributed by atoms with van der Waals surface area (Å²) >= 11 is 0. The fourth-order valence-electron chi connectivity index (χ4n) is 2.80. The fraction of sp³-hybridized carbons (Fsp3) is 0.444. The highest BCUT2D eigenvalue weighted by atomic mass is 127. The summed E-state index contributed by atoms with van der Waals surface area (Å²) in [4.78, 5) is 4.29. The summed E-state index contributed by atoms with van der Waals surface area (Å²) in [5.41, 5.74) is 4.26. The number of anilines is 1. The van der Waals surface area contributed by atoms with E-state index in [4.69, 9.17) is 9.47 Å². The SMILES string of the molecule is CN=C(NCc1c(C)nn(C)c1C)Nc1ccc2c(c1)OCCCO2.I.